The van der Waals surface area contributed by atoms with Gasteiger partial charge in [0, 0.05) is 32.4 Å². The molecule has 0 unspecified atom stereocenters. The maximum atomic E-state index is 12.1. The summed E-state index contributed by atoms with van der Waals surface area (Å²) in [7, 11) is 3.14. The van der Waals surface area contributed by atoms with Gasteiger partial charge in [-0.15, -0.1) is 0 Å². The summed E-state index contributed by atoms with van der Waals surface area (Å²) in [5.41, 5.74) is 11.2. The van der Waals surface area contributed by atoms with E-state index in [2.05, 4.69) is 4.74 Å². The van der Waals surface area contributed by atoms with Gasteiger partial charge in [0.15, 0.2) is 0 Å². The second-order valence-electron chi connectivity index (χ2n) is 6.99. The summed E-state index contributed by atoms with van der Waals surface area (Å²) in [5.74, 6) is -0.128. The Morgan fingerprint density at radius 3 is 2.24 bits per heavy atom. The van der Waals surface area contributed by atoms with E-state index in [9.17, 15) is 9.59 Å². The fourth-order valence-electron chi connectivity index (χ4n) is 2.53. The second-order valence-corrected chi connectivity index (χ2v) is 6.99. The third-order valence-corrected chi connectivity index (χ3v) is 3.98. The average molecular weight is 354 g/mol. The number of rotatable bonds is 4. The number of esters is 1. The molecule has 1 amide bonds. The molecule has 0 aromatic carbocycles. The quantitative estimate of drug-likeness (QED) is 0.442. The van der Waals surface area contributed by atoms with E-state index in [1.165, 1.54) is 13.2 Å². The van der Waals surface area contributed by atoms with E-state index in [1.807, 2.05) is 32.7 Å². The van der Waals surface area contributed by atoms with Crippen LogP contribution < -0.4 is 11.5 Å². The minimum absolute atomic E-state index is 0.159. The fourth-order valence-corrected chi connectivity index (χ4v) is 2.53. The van der Waals surface area contributed by atoms with Crippen molar-refractivity contribution in [1.29, 1.82) is 0 Å². The Bertz CT molecular complexity index is 543. The third kappa shape index (κ3) is 6.21. The predicted molar refractivity (Wildman–Crippen MR) is 95.1 cm³/mol. The predicted octanol–water partition coefficient (Wildman–Crippen LogP) is 1.13. The zero-order chi connectivity index (χ0) is 19.2. The van der Waals surface area contributed by atoms with Crippen molar-refractivity contribution in [1.82, 2.24) is 9.80 Å². The smallest absolute Gasteiger partial charge is 0.410 e. The lowest BCUT2D eigenvalue weighted by atomic mass is 10.0. The number of hydrogen-bond acceptors (Lipinski definition) is 7. The van der Waals surface area contributed by atoms with Gasteiger partial charge in [-0.2, -0.15) is 0 Å². The molecule has 0 aromatic heterocycles. The van der Waals surface area contributed by atoms with E-state index in [4.69, 9.17) is 16.2 Å². The Balaban J connectivity index is 2.64. The van der Waals surface area contributed by atoms with Gasteiger partial charge in [-0.1, -0.05) is 0 Å². The van der Waals surface area contributed by atoms with Gasteiger partial charge in [0.25, 0.3) is 0 Å². The van der Waals surface area contributed by atoms with Gasteiger partial charge >= 0.3 is 12.1 Å². The van der Waals surface area contributed by atoms with Gasteiger partial charge in [-0.3, -0.25) is 0 Å². The Labute approximate surface area is 149 Å². The molecule has 0 bridgehead atoms. The van der Waals surface area contributed by atoms with Crippen molar-refractivity contribution in [3.63, 3.8) is 0 Å². The summed E-state index contributed by atoms with van der Waals surface area (Å²) in [4.78, 5) is 27.3. The molecular formula is C17H30N4O4. The average Bonchev–Trinajstić information content (AvgIpc) is 2.56. The molecule has 0 atom stereocenters. The van der Waals surface area contributed by atoms with Gasteiger partial charge < -0.3 is 30.7 Å². The van der Waals surface area contributed by atoms with Crippen molar-refractivity contribution >= 4 is 12.1 Å². The molecule has 8 nitrogen and oxygen atoms in total. The fraction of sp³-hybridized carbons (Fsp3) is 0.647. The van der Waals surface area contributed by atoms with Crippen LogP contribution in [0.5, 0.6) is 0 Å². The first-order chi connectivity index (χ1) is 11.6. The van der Waals surface area contributed by atoms with Crippen LogP contribution in [0.3, 0.4) is 0 Å². The first-order valence-corrected chi connectivity index (χ1v) is 8.27. The molecule has 1 fully saturated rings. The number of nitrogens with zero attached hydrogens (tertiary/aromatic N) is 2. The molecule has 0 spiro atoms. The highest BCUT2D eigenvalue weighted by Crippen LogP contribution is 2.20. The zero-order valence-corrected chi connectivity index (χ0v) is 15.7. The van der Waals surface area contributed by atoms with Crippen molar-refractivity contribution in [3.8, 4) is 0 Å². The number of piperidine rings is 1. The zero-order valence-electron chi connectivity index (χ0n) is 15.7. The Kier molecular flexibility index (Phi) is 7.14. The summed E-state index contributed by atoms with van der Waals surface area (Å²) in [5, 5.41) is 0. The van der Waals surface area contributed by atoms with Crippen molar-refractivity contribution < 1.29 is 19.1 Å². The van der Waals surface area contributed by atoms with Crippen LogP contribution in [0.1, 0.15) is 33.6 Å². The summed E-state index contributed by atoms with van der Waals surface area (Å²) in [6.07, 6.45) is 3.87. The van der Waals surface area contributed by atoms with Gasteiger partial charge in [0.05, 0.1) is 18.5 Å². The SMILES string of the molecule is COC(=O)C(=C/N)/C=C(\N)N(C)C1CCN(C(=O)OC(C)(C)C)CC1. The highest BCUT2D eigenvalue weighted by Gasteiger charge is 2.28. The summed E-state index contributed by atoms with van der Waals surface area (Å²) in [6, 6.07) is 0.159. The Morgan fingerprint density at radius 1 is 1.24 bits per heavy atom. The van der Waals surface area contributed by atoms with Crippen LogP contribution >= 0.6 is 0 Å². The topological polar surface area (TPSA) is 111 Å². The minimum atomic E-state index is -0.543. The number of carbonyl (C=O) groups is 2. The number of nitrogens with two attached hydrogens (primary N) is 2. The first kappa shape index (κ1) is 20.7. The number of carbonyl (C=O) groups excluding carboxylic acids is 2. The van der Waals surface area contributed by atoms with Gasteiger partial charge in [0.1, 0.15) is 5.60 Å². The lowest BCUT2D eigenvalue weighted by Gasteiger charge is -2.38. The molecule has 142 valence electrons. The van der Waals surface area contributed by atoms with E-state index >= 15 is 0 Å². The van der Waals surface area contributed by atoms with Gasteiger partial charge in [0.2, 0.25) is 0 Å². The first-order valence-electron chi connectivity index (χ1n) is 8.27. The standard InChI is InChI=1S/C17H30N4O4/c1-17(2,3)25-16(23)21-8-6-13(7-9-21)20(4)14(19)10-12(11-18)15(22)24-5/h10-11,13H,6-9,18-19H2,1-5H3/b12-11+,14-10+. The molecule has 1 aliphatic rings. The van der Waals surface area contributed by atoms with Crippen LogP contribution in [-0.4, -0.2) is 60.8 Å². The largest absolute Gasteiger partial charge is 0.465 e. The molecule has 0 saturated carbocycles. The molecule has 1 aliphatic heterocycles. The molecule has 0 aliphatic carbocycles. The van der Waals surface area contributed by atoms with Crippen molar-refractivity contribution in [2.75, 3.05) is 27.2 Å². The van der Waals surface area contributed by atoms with Crippen molar-refractivity contribution in [3.05, 3.63) is 23.7 Å². The molecule has 1 saturated heterocycles. The van der Waals surface area contributed by atoms with Crippen LogP contribution in [0.15, 0.2) is 23.7 Å². The van der Waals surface area contributed by atoms with Gasteiger partial charge in [-0.25, -0.2) is 9.59 Å². The van der Waals surface area contributed by atoms with E-state index in [0.29, 0.717) is 18.9 Å². The molecule has 1 heterocycles. The molecule has 4 N–H and O–H groups in total. The van der Waals surface area contributed by atoms with E-state index in [1.54, 1.807) is 4.90 Å². The van der Waals surface area contributed by atoms with Crippen LogP contribution in [0, 0.1) is 0 Å². The monoisotopic (exact) mass is 354 g/mol. The van der Waals surface area contributed by atoms with Crippen LogP contribution in [0.2, 0.25) is 0 Å². The third-order valence-electron chi connectivity index (χ3n) is 3.98. The number of hydrogen-bond donors (Lipinski definition) is 2. The minimum Gasteiger partial charge on any atom is -0.465 e. The molecule has 8 heteroatoms. The second kappa shape index (κ2) is 8.64. The van der Waals surface area contributed by atoms with E-state index < -0.39 is 11.6 Å². The molecule has 25 heavy (non-hydrogen) atoms. The van der Waals surface area contributed by atoms with Crippen LogP contribution in [0.25, 0.3) is 0 Å². The van der Waals surface area contributed by atoms with Crippen LogP contribution in [0.4, 0.5) is 4.79 Å². The lowest BCUT2D eigenvalue weighted by Crippen LogP contribution is -2.47. The highest BCUT2D eigenvalue weighted by atomic mass is 16.6. The maximum absolute atomic E-state index is 12.1. The molecule has 0 aromatic rings. The lowest BCUT2D eigenvalue weighted by molar-refractivity contribution is -0.135. The Hall–Kier alpha value is -2.38. The number of ether oxygens (including phenoxy) is 2. The summed E-state index contributed by atoms with van der Waals surface area (Å²) >= 11 is 0. The van der Waals surface area contributed by atoms with Gasteiger partial charge in [-0.05, 0) is 39.7 Å². The molecule has 0 radical (unpaired) electrons. The van der Waals surface area contributed by atoms with E-state index in [0.717, 1.165) is 19.0 Å². The number of likely N-dealkylation sites (tertiary alicyclic amines) is 1. The van der Waals surface area contributed by atoms with Crippen molar-refractivity contribution in [2.24, 2.45) is 11.5 Å². The van der Waals surface area contributed by atoms with E-state index in [-0.39, 0.29) is 17.7 Å². The maximum Gasteiger partial charge on any atom is 0.410 e. The number of amides is 1. The van der Waals surface area contributed by atoms with Crippen LogP contribution in [-0.2, 0) is 14.3 Å². The summed E-state index contributed by atoms with van der Waals surface area (Å²) in [6.45, 7) is 6.73. The van der Waals surface area contributed by atoms with Crippen molar-refractivity contribution in [2.45, 2.75) is 45.3 Å². The highest BCUT2D eigenvalue weighted by molar-refractivity contribution is 5.91. The normalized spacial score (nSPS) is 17.2. The number of methoxy groups -OCH3 is 1. The molecular weight excluding hydrogens is 324 g/mol. The molecule has 1 rings (SSSR count). The summed E-state index contributed by atoms with van der Waals surface area (Å²) < 4.78 is 10.0. The Morgan fingerprint density at radius 2 is 1.80 bits per heavy atom.